The summed E-state index contributed by atoms with van der Waals surface area (Å²) in [6, 6.07) is 0. The van der Waals surface area contributed by atoms with Crippen molar-refractivity contribution in [2.75, 3.05) is 6.61 Å². The highest BCUT2D eigenvalue weighted by molar-refractivity contribution is 6.29. The van der Waals surface area contributed by atoms with Gasteiger partial charge in [0, 0.05) is 0 Å². The van der Waals surface area contributed by atoms with E-state index in [1.165, 1.54) is 4.40 Å². The number of rotatable bonds is 3. The Kier molecular flexibility index (Phi) is 3.47. The van der Waals surface area contributed by atoms with E-state index < -0.39 is 11.8 Å². The van der Waals surface area contributed by atoms with Crippen molar-refractivity contribution in [3.8, 4) is 0 Å². The normalized spacial score (nSPS) is 10.9. The van der Waals surface area contributed by atoms with E-state index >= 15 is 0 Å². The lowest BCUT2D eigenvalue weighted by atomic mass is 10.2. The summed E-state index contributed by atoms with van der Waals surface area (Å²) >= 11 is 5.58. The summed E-state index contributed by atoms with van der Waals surface area (Å²) in [6.45, 7) is 3.77. The molecule has 0 spiro atoms. The van der Waals surface area contributed by atoms with E-state index in [1.807, 2.05) is 6.92 Å². The number of nitrogens with zero attached hydrogens (tertiary/aromatic N) is 3. The van der Waals surface area contributed by atoms with Crippen molar-refractivity contribution in [3.63, 3.8) is 0 Å². The third kappa shape index (κ3) is 2.03. The van der Waals surface area contributed by atoms with Crippen LogP contribution in [-0.2, 0) is 11.2 Å². The summed E-state index contributed by atoms with van der Waals surface area (Å²) in [6.07, 6.45) is 1.60. The smallest absolute Gasteiger partial charge is 0.357 e. The van der Waals surface area contributed by atoms with Crippen molar-refractivity contribution in [2.45, 2.75) is 20.3 Å². The van der Waals surface area contributed by atoms with Gasteiger partial charge in [-0.1, -0.05) is 18.5 Å². The molecule has 0 aromatic carbocycles. The fourth-order valence-corrected chi connectivity index (χ4v) is 1.76. The lowest BCUT2D eigenvalue weighted by molar-refractivity contribution is 0.0517. The first-order chi connectivity index (χ1) is 8.58. The molecule has 0 aliphatic carbocycles. The second-order valence-electron chi connectivity index (χ2n) is 3.53. The molecule has 2 aromatic heterocycles. The highest BCUT2D eigenvalue weighted by Crippen LogP contribution is 2.18. The topological polar surface area (TPSA) is 56.5 Å². The van der Waals surface area contributed by atoms with Crippen LogP contribution >= 0.6 is 11.6 Å². The van der Waals surface area contributed by atoms with E-state index in [0.717, 1.165) is 6.20 Å². The second kappa shape index (κ2) is 4.89. The van der Waals surface area contributed by atoms with Gasteiger partial charge < -0.3 is 4.74 Å². The van der Waals surface area contributed by atoms with Crippen LogP contribution in [0.3, 0.4) is 0 Å². The predicted molar refractivity (Wildman–Crippen MR) is 63.3 cm³/mol. The van der Waals surface area contributed by atoms with Crippen LogP contribution in [0, 0.1) is 5.82 Å². The van der Waals surface area contributed by atoms with Crippen LogP contribution in [0.2, 0.25) is 5.15 Å². The number of carbonyl (C=O) groups excluding carboxylic acids is 1. The van der Waals surface area contributed by atoms with Crippen molar-refractivity contribution in [1.82, 2.24) is 14.4 Å². The molecule has 0 radical (unpaired) electrons. The first-order valence-corrected chi connectivity index (χ1v) is 5.86. The molecule has 0 aliphatic heterocycles. The Morgan fingerprint density at radius 1 is 1.50 bits per heavy atom. The average Bonchev–Trinajstić information content (AvgIpc) is 2.68. The number of hydrogen-bond donors (Lipinski definition) is 0. The van der Waals surface area contributed by atoms with E-state index in [0.29, 0.717) is 12.1 Å². The van der Waals surface area contributed by atoms with Gasteiger partial charge in [0.1, 0.15) is 0 Å². The quantitative estimate of drug-likeness (QED) is 0.635. The summed E-state index contributed by atoms with van der Waals surface area (Å²) in [4.78, 5) is 19.7. The lowest BCUT2D eigenvalue weighted by Crippen LogP contribution is -2.11. The largest absolute Gasteiger partial charge is 0.461 e. The van der Waals surface area contributed by atoms with Crippen LogP contribution in [0.4, 0.5) is 4.39 Å². The zero-order valence-electron chi connectivity index (χ0n) is 9.91. The van der Waals surface area contributed by atoms with Gasteiger partial charge in [0.05, 0.1) is 18.5 Å². The number of halogens is 2. The van der Waals surface area contributed by atoms with Crippen LogP contribution < -0.4 is 0 Å². The Hall–Kier alpha value is -1.69. The number of fused-ring (bicyclic) bond motifs is 1. The van der Waals surface area contributed by atoms with E-state index in [4.69, 9.17) is 16.3 Å². The third-order valence-corrected chi connectivity index (χ3v) is 2.67. The van der Waals surface area contributed by atoms with Gasteiger partial charge in [-0.2, -0.15) is 4.98 Å². The van der Waals surface area contributed by atoms with Gasteiger partial charge in [-0.05, 0) is 13.3 Å². The van der Waals surface area contributed by atoms with Crippen LogP contribution in [0.25, 0.3) is 5.78 Å². The number of carbonyl (C=O) groups is 1. The van der Waals surface area contributed by atoms with E-state index in [2.05, 4.69) is 9.97 Å². The second-order valence-corrected chi connectivity index (χ2v) is 3.89. The molecule has 0 N–H and O–H groups in total. The maximum Gasteiger partial charge on any atom is 0.357 e. The average molecular weight is 272 g/mol. The predicted octanol–water partition coefficient (Wildman–Crippen LogP) is 2.26. The number of esters is 1. The standard InChI is InChI=1S/C11H11ClFN3O2/c1-3-7-8(10(17)18-4-2)16-5-6(13)9(12)15-11(16)14-7/h5H,3-4H2,1-2H3. The molecule has 5 nitrogen and oxygen atoms in total. The van der Waals surface area contributed by atoms with Gasteiger partial charge in [-0.25, -0.2) is 14.2 Å². The fraction of sp³-hybridized carbons (Fsp3) is 0.364. The van der Waals surface area contributed by atoms with Gasteiger partial charge in [0.15, 0.2) is 16.7 Å². The Labute approximate surface area is 108 Å². The maximum absolute atomic E-state index is 13.4. The summed E-state index contributed by atoms with van der Waals surface area (Å²) in [5.41, 5.74) is 0.694. The van der Waals surface area contributed by atoms with Crippen molar-refractivity contribution in [2.24, 2.45) is 0 Å². The number of ether oxygens (including phenoxy) is 1. The number of aromatic nitrogens is 3. The fourth-order valence-electron chi connectivity index (χ4n) is 1.64. The molecule has 18 heavy (non-hydrogen) atoms. The SMILES string of the molecule is CCOC(=O)c1c(CC)nc2nc(Cl)c(F)cn12. The molecule has 0 saturated heterocycles. The summed E-state index contributed by atoms with van der Waals surface area (Å²) in [5.74, 6) is -1.08. The summed E-state index contributed by atoms with van der Waals surface area (Å²) in [5, 5.41) is -0.273. The Balaban J connectivity index is 2.68. The van der Waals surface area contributed by atoms with Crippen molar-refractivity contribution < 1.29 is 13.9 Å². The highest BCUT2D eigenvalue weighted by atomic mass is 35.5. The van der Waals surface area contributed by atoms with Crippen molar-refractivity contribution >= 4 is 23.3 Å². The molecule has 0 unspecified atom stereocenters. The Morgan fingerprint density at radius 2 is 2.22 bits per heavy atom. The van der Waals surface area contributed by atoms with E-state index in [9.17, 15) is 9.18 Å². The lowest BCUT2D eigenvalue weighted by Gasteiger charge is -2.03. The van der Waals surface area contributed by atoms with Crippen LogP contribution in [0.15, 0.2) is 6.20 Å². The number of imidazole rings is 1. The Bertz CT molecular complexity index is 612. The summed E-state index contributed by atoms with van der Waals surface area (Å²) in [7, 11) is 0. The van der Waals surface area contributed by atoms with Gasteiger partial charge in [-0.15, -0.1) is 0 Å². The van der Waals surface area contributed by atoms with Crippen molar-refractivity contribution in [3.05, 3.63) is 28.6 Å². The molecule has 0 bridgehead atoms. The minimum Gasteiger partial charge on any atom is -0.461 e. The van der Waals surface area contributed by atoms with Gasteiger partial charge in [0.25, 0.3) is 0 Å². The summed E-state index contributed by atoms with van der Waals surface area (Å²) < 4.78 is 19.6. The maximum atomic E-state index is 13.4. The molecule has 0 amide bonds. The molecule has 2 rings (SSSR count). The van der Waals surface area contributed by atoms with Crippen molar-refractivity contribution in [1.29, 1.82) is 0 Å². The van der Waals surface area contributed by atoms with Crippen LogP contribution in [0.1, 0.15) is 30.0 Å². The van der Waals surface area contributed by atoms with Gasteiger partial charge in [0.2, 0.25) is 5.78 Å². The van der Waals surface area contributed by atoms with Gasteiger partial charge in [-0.3, -0.25) is 4.40 Å². The first kappa shape index (κ1) is 12.8. The number of aryl methyl sites for hydroxylation is 1. The minimum absolute atomic E-state index is 0.182. The third-order valence-electron chi connectivity index (χ3n) is 2.41. The zero-order valence-corrected chi connectivity index (χ0v) is 10.7. The number of hydrogen-bond acceptors (Lipinski definition) is 4. The molecule has 96 valence electrons. The first-order valence-electron chi connectivity index (χ1n) is 5.48. The van der Waals surface area contributed by atoms with E-state index in [-0.39, 0.29) is 23.2 Å². The zero-order chi connectivity index (χ0) is 13.3. The molecular weight excluding hydrogens is 261 g/mol. The van der Waals surface area contributed by atoms with Crippen LogP contribution in [0.5, 0.6) is 0 Å². The molecule has 0 saturated carbocycles. The monoisotopic (exact) mass is 271 g/mol. The highest BCUT2D eigenvalue weighted by Gasteiger charge is 2.21. The van der Waals surface area contributed by atoms with Crippen LogP contribution in [-0.4, -0.2) is 26.9 Å². The molecular formula is C11H11ClFN3O2. The molecule has 0 atom stereocenters. The molecule has 0 fully saturated rings. The molecule has 2 aromatic rings. The Morgan fingerprint density at radius 3 is 2.83 bits per heavy atom. The molecule has 7 heteroatoms. The van der Waals surface area contributed by atoms with Gasteiger partial charge >= 0.3 is 5.97 Å². The minimum atomic E-state index is -0.713. The van der Waals surface area contributed by atoms with E-state index in [1.54, 1.807) is 6.92 Å². The molecule has 0 aliphatic rings. The molecule has 2 heterocycles.